The Bertz CT molecular complexity index is 327. The molecule has 1 aromatic carbocycles. The minimum atomic E-state index is -0.739. The molecule has 0 fully saturated rings. The largest absolute Gasteiger partial charge is 0.508 e. The van der Waals surface area contributed by atoms with Gasteiger partial charge in [-0.1, -0.05) is 0 Å². The molecule has 0 radical (unpaired) electrons. The first-order valence-corrected chi connectivity index (χ1v) is 5.03. The molecule has 0 spiro atoms. The van der Waals surface area contributed by atoms with E-state index in [2.05, 4.69) is 0 Å². The van der Waals surface area contributed by atoms with Crippen LogP contribution in [0.5, 0.6) is 11.5 Å². The minimum Gasteiger partial charge on any atom is -0.508 e. The molecule has 1 rings (SSSR count). The van der Waals surface area contributed by atoms with Gasteiger partial charge in [0.25, 0.3) is 0 Å². The highest BCUT2D eigenvalue weighted by Crippen LogP contribution is 2.28. The van der Waals surface area contributed by atoms with Gasteiger partial charge in [-0.15, -0.1) is 0 Å². The molecule has 0 aliphatic heterocycles. The molecule has 0 amide bonds. The number of rotatable bonds is 3. The zero-order valence-electron chi connectivity index (χ0n) is 9.41. The van der Waals surface area contributed by atoms with Crippen molar-refractivity contribution in [3.8, 4) is 11.5 Å². The van der Waals surface area contributed by atoms with Crippen LogP contribution in [0.1, 0.15) is 31.4 Å². The van der Waals surface area contributed by atoms with E-state index in [0.717, 1.165) is 11.1 Å². The van der Waals surface area contributed by atoms with Gasteiger partial charge in [-0.25, -0.2) is 0 Å². The lowest BCUT2D eigenvalue weighted by atomic mass is 9.95. The standard InChI is InChI=1S/C12H18O3/c1-8-6-9(13)7-11(14)10(8)4-5-12(2,3)15/h6-7,13-15H,4-5H2,1-3H3. The number of phenolic OH excluding ortho intramolecular Hbond substituents is 2. The Morgan fingerprint density at radius 1 is 1.20 bits per heavy atom. The third-order valence-corrected chi connectivity index (χ3v) is 2.42. The lowest BCUT2D eigenvalue weighted by Gasteiger charge is -2.18. The van der Waals surface area contributed by atoms with Gasteiger partial charge in [0, 0.05) is 6.07 Å². The maximum atomic E-state index is 9.63. The topological polar surface area (TPSA) is 60.7 Å². The van der Waals surface area contributed by atoms with Gasteiger partial charge in [0.1, 0.15) is 11.5 Å². The first-order chi connectivity index (χ1) is 6.79. The fraction of sp³-hybridized carbons (Fsp3) is 0.500. The molecule has 0 unspecified atom stereocenters. The van der Waals surface area contributed by atoms with Crippen molar-refractivity contribution in [2.75, 3.05) is 0 Å². The van der Waals surface area contributed by atoms with Crippen LogP contribution in [0.3, 0.4) is 0 Å². The van der Waals surface area contributed by atoms with Crippen LogP contribution in [-0.2, 0) is 6.42 Å². The molecule has 3 heteroatoms. The Morgan fingerprint density at radius 2 is 1.80 bits per heavy atom. The Labute approximate surface area is 90.0 Å². The van der Waals surface area contributed by atoms with Gasteiger partial charge in [0.15, 0.2) is 0 Å². The summed E-state index contributed by atoms with van der Waals surface area (Å²) in [6.07, 6.45) is 1.17. The first-order valence-electron chi connectivity index (χ1n) is 5.03. The number of benzene rings is 1. The zero-order chi connectivity index (χ0) is 11.6. The maximum Gasteiger partial charge on any atom is 0.122 e. The lowest BCUT2D eigenvalue weighted by molar-refractivity contribution is 0.0712. The third-order valence-electron chi connectivity index (χ3n) is 2.42. The molecule has 0 heterocycles. The van der Waals surface area contributed by atoms with E-state index in [1.165, 1.54) is 6.07 Å². The van der Waals surface area contributed by atoms with Gasteiger partial charge in [-0.2, -0.15) is 0 Å². The molecule has 3 N–H and O–H groups in total. The number of hydrogen-bond donors (Lipinski definition) is 3. The monoisotopic (exact) mass is 210 g/mol. The number of aryl methyl sites for hydroxylation is 1. The number of phenols is 2. The second-order valence-corrected chi connectivity index (χ2v) is 4.57. The molecule has 0 saturated carbocycles. The summed E-state index contributed by atoms with van der Waals surface area (Å²) in [5, 5.41) is 28.4. The van der Waals surface area contributed by atoms with E-state index in [1.54, 1.807) is 19.9 Å². The molecular weight excluding hydrogens is 192 g/mol. The summed E-state index contributed by atoms with van der Waals surface area (Å²) in [7, 11) is 0. The van der Waals surface area contributed by atoms with E-state index in [-0.39, 0.29) is 11.5 Å². The van der Waals surface area contributed by atoms with Crippen molar-refractivity contribution < 1.29 is 15.3 Å². The summed E-state index contributed by atoms with van der Waals surface area (Å²) in [5.74, 6) is 0.161. The van der Waals surface area contributed by atoms with E-state index in [1.807, 2.05) is 6.92 Å². The summed E-state index contributed by atoms with van der Waals surface area (Å²) in [6, 6.07) is 2.94. The molecule has 0 aliphatic rings. The van der Waals surface area contributed by atoms with Crippen LogP contribution in [0.25, 0.3) is 0 Å². The predicted molar refractivity (Wildman–Crippen MR) is 59.1 cm³/mol. The molecule has 3 nitrogen and oxygen atoms in total. The fourth-order valence-corrected chi connectivity index (χ4v) is 1.54. The van der Waals surface area contributed by atoms with E-state index in [4.69, 9.17) is 0 Å². The molecule has 0 atom stereocenters. The van der Waals surface area contributed by atoms with Crippen LogP contribution in [0.15, 0.2) is 12.1 Å². The highest BCUT2D eigenvalue weighted by Gasteiger charge is 2.15. The lowest BCUT2D eigenvalue weighted by Crippen LogP contribution is -2.19. The van der Waals surface area contributed by atoms with Gasteiger partial charge in [-0.3, -0.25) is 0 Å². The Balaban J connectivity index is 2.86. The number of hydrogen-bond acceptors (Lipinski definition) is 3. The van der Waals surface area contributed by atoms with E-state index < -0.39 is 5.60 Å². The minimum absolute atomic E-state index is 0.0667. The molecule has 0 aliphatic carbocycles. The van der Waals surface area contributed by atoms with Gasteiger partial charge in [-0.05, 0) is 50.8 Å². The van der Waals surface area contributed by atoms with Crippen molar-refractivity contribution in [1.29, 1.82) is 0 Å². The highest BCUT2D eigenvalue weighted by atomic mass is 16.3. The van der Waals surface area contributed by atoms with Crippen LogP contribution in [-0.4, -0.2) is 20.9 Å². The SMILES string of the molecule is Cc1cc(O)cc(O)c1CCC(C)(C)O. The molecule has 84 valence electrons. The third kappa shape index (κ3) is 3.44. The molecule has 0 bridgehead atoms. The first kappa shape index (κ1) is 11.9. The van der Waals surface area contributed by atoms with Gasteiger partial charge in [0.2, 0.25) is 0 Å². The number of aromatic hydroxyl groups is 2. The summed E-state index contributed by atoms with van der Waals surface area (Å²) in [5.41, 5.74) is 0.892. The van der Waals surface area contributed by atoms with Crippen molar-refractivity contribution in [3.05, 3.63) is 23.3 Å². The Morgan fingerprint density at radius 3 is 2.27 bits per heavy atom. The average Bonchev–Trinajstić information content (AvgIpc) is 1.99. The fourth-order valence-electron chi connectivity index (χ4n) is 1.54. The van der Waals surface area contributed by atoms with Crippen LogP contribution in [0, 0.1) is 6.92 Å². The van der Waals surface area contributed by atoms with Gasteiger partial charge < -0.3 is 15.3 Å². The molecule has 15 heavy (non-hydrogen) atoms. The molecule has 1 aromatic rings. The summed E-state index contributed by atoms with van der Waals surface area (Å²) in [4.78, 5) is 0. The second kappa shape index (κ2) is 4.11. The zero-order valence-corrected chi connectivity index (χ0v) is 9.41. The van der Waals surface area contributed by atoms with Crippen molar-refractivity contribution in [2.45, 2.75) is 39.2 Å². The molecular formula is C12H18O3. The summed E-state index contributed by atoms with van der Waals surface area (Å²) in [6.45, 7) is 5.30. The van der Waals surface area contributed by atoms with Crippen LogP contribution in [0.2, 0.25) is 0 Å². The Kier molecular flexibility index (Phi) is 3.25. The normalized spacial score (nSPS) is 11.7. The molecule has 0 saturated heterocycles. The Hall–Kier alpha value is -1.22. The van der Waals surface area contributed by atoms with Crippen molar-refractivity contribution in [3.63, 3.8) is 0 Å². The van der Waals surface area contributed by atoms with Crippen molar-refractivity contribution in [2.24, 2.45) is 0 Å². The van der Waals surface area contributed by atoms with E-state index >= 15 is 0 Å². The van der Waals surface area contributed by atoms with Crippen molar-refractivity contribution in [1.82, 2.24) is 0 Å². The van der Waals surface area contributed by atoms with E-state index in [0.29, 0.717) is 12.8 Å². The van der Waals surface area contributed by atoms with Crippen LogP contribution in [0.4, 0.5) is 0 Å². The van der Waals surface area contributed by atoms with Crippen molar-refractivity contribution >= 4 is 0 Å². The second-order valence-electron chi connectivity index (χ2n) is 4.57. The predicted octanol–water partition coefficient (Wildman–Crippen LogP) is 2.11. The summed E-state index contributed by atoms with van der Waals surface area (Å²) >= 11 is 0. The maximum absolute atomic E-state index is 9.63. The van der Waals surface area contributed by atoms with Gasteiger partial charge >= 0.3 is 0 Å². The number of aliphatic hydroxyl groups is 1. The summed E-state index contributed by atoms with van der Waals surface area (Å²) < 4.78 is 0. The smallest absolute Gasteiger partial charge is 0.122 e. The van der Waals surface area contributed by atoms with E-state index in [9.17, 15) is 15.3 Å². The quantitative estimate of drug-likeness (QED) is 0.716. The van der Waals surface area contributed by atoms with Crippen LogP contribution >= 0.6 is 0 Å². The van der Waals surface area contributed by atoms with Gasteiger partial charge in [0.05, 0.1) is 5.60 Å². The molecule has 0 aromatic heterocycles. The van der Waals surface area contributed by atoms with Crippen LogP contribution < -0.4 is 0 Å². The highest BCUT2D eigenvalue weighted by molar-refractivity contribution is 5.44. The average molecular weight is 210 g/mol.